The van der Waals surface area contributed by atoms with Crippen molar-refractivity contribution in [1.29, 1.82) is 0 Å². The van der Waals surface area contributed by atoms with Gasteiger partial charge in [0.05, 0.1) is 7.11 Å². The van der Waals surface area contributed by atoms with Gasteiger partial charge in [0.1, 0.15) is 0 Å². The molecule has 0 aromatic heterocycles. The van der Waals surface area contributed by atoms with Crippen LogP contribution in [0.2, 0.25) is 0 Å². The summed E-state index contributed by atoms with van der Waals surface area (Å²) in [4.78, 5) is 0. The maximum atomic E-state index is 12.1. The molecule has 0 saturated carbocycles. The van der Waals surface area contributed by atoms with Crippen molar-refractivity contribution in [3.05, 3.63) is 23.8 Å². The molecule has 0 amide bonds. The Bertz CT molecular complexity index is 507. The van der Waals surface area contributed by atoms with Crippen LogP contribution in [-0.4, -0.2) is 21.0 Å². The summed E-state index contributed by atoms with van der Waals surface area (Å²) in [6.45, 7) is 1.58. The number of aryl methyl sites for hydroxylation is 1. The van der Waals surface area contributed by atoms with Crippen LogP contribution in [-0.2, 0) is 10.1 Å². The minimum atomic E-state index is -5.68. The number of methoxy groups -OCH3 is 1. The van der Waals surface area contributed by atoms with Gasteiger partial charge < -0.3 is 8.92 Å². The van der Waals surface area contributed by atoms with Crippen LogP contribution in [0.4, 0.5) is 13.2 Å². The van der Waals surface area contributed by atoms with E-state index < -0.39 is 21.4 Å². The van der Waals surface area contributed by atoms with Crippen molar-refractivity contribution in [1.82, 2.24) is 0 Å². The fraction of sp³-hybridized carbons (Fsp3) is 0.333. The first-order chi connectivity index (χ1) is 7.67. The third-order valence-electron chi connectivity index (χ3n) is 1.80. The summed E-state index contributed by atoms with van der Waals surface area (Å²) in [5.74, 6) is -0.590. The quantitative estimate of drug-likeness (QED) is 0.624. The molecule has 1 rings (SSSR count). The number of ether oxygens (including phenoxy) is 1. The number of hydrogen-bond donors (Lipinski definition) is 0. The van der Waals surface area contributed by atoms with Gasteiger partial charge in [0, 0.05) is 0 Å². The molecule has 4 nitrogen and oxygen atoms in total. The molecule has 0 radical (unpaired) electrons. The fourth-order valence-corrected chi connectivity index (χ4v) is 1.48. The zero-order valence-corrected chi connectivity index (χ0v) is 9.72. The molecule has 0 aliphatic heterocycles. The number of halogens is 3. The Morgan fingerprint density at radius 1 is 1.18 bits per heavy atom. The number of alkyl halides is 3. The first kappa shape index (κ1) is 13.6. The van der Waals surface area contributed by atoms with Gasteiger partial charge in [0.2, 0.25) is 0 Å². The second-order valence-corrected chi connectivity index (χ2v) is 4.68. The summed E-state index contributed by atoms with van der Waals surface area (Å²) in [7, 11) is -4.49. The lowest BCUT2D eigenvalue weighted by Crippen LogP contribution is -2.28. The van der Waals surface area contributed by atoms with Crippen LogP contribution < -0.4 is 8.92 Å². The fourth-order valence-electron chi connectivity index (χ4n) is 1.01. The third kappa shape index (κ3) is 3.02. The average Bonchev–Trinajstić information content (AvgIpc) is 2.15. The van der Waals surface area contributed by atoms with E-state index in [1.807, 2.05) is 0 Å². The number of hydrogen-bond acceptors (Lipinski definition) is 4. The van der Waals surface area contributed by atoms with Crippen molar-refractivity contribution in [3.8, 4) is 11.5 Å². The monoisotopic (exact) mass is 270 g/mol. The largest absolute Gasteiger partial charge is 0.534 e. The lowest BCUT2D eigenvalue weighted by Gasteiger charge is -2.12. The SMILES string of the molecule is COc1ccc(C)cc1OS(=O)(=O)C(F)(F)F. The summed E-state index contributed by atoms with van der Waals surface area (Å²) in [5.41, 5.74) is -4.93. The van der Waals surface area contributed by atoms with Crippen LogP contribution in [0, 0.1) is 6.92 Å². The van der Waals surface area contributed by atoms with Crippen LogP contribution in [0.3, 0.4) is 0 Å². The van der Waals surface area contributed by atoms with E-state index in [1.165, 1.54) is 13.2 Å². The van der Waals surface area contributed by atoms with Crippen molar-refractivity contribution >= 4 is 10.1 Å². The van der Waals surface area contributed by atoms with Crippen LogP contribution in [0.15, 0.2) is 18.2 Å². The highest BCUT2D eigenvalue weighted by Crippen LogP contribution is 2.33. The minimum Gasteiger partial charge on any atom is -0.493 e. The normalized spacial score (nSPS) is 12.3. The summed E-state index contributed by atoms with van der Waals surface area (Å²) >= 11 is 0. The molecule has 0 aliphatic carbocycles. The minimum absolute atomic E-state index is 0.0941. The van der Waals surface area contributed by atoms with Gasteiger partial charge in [-0.3, -0.25) is 0 Å². The number of rotatable bonds is 3. The predicted molar refractivity (Wildman–Crippen MR) is 53.3 cm³/mol. The van der Waals surface area contributed by atoms with Crippen LogP contribution in [0.25, 0.3) is 0 Å². The van der Waals surface area contributed by atoms with Gasteiger partial charge in [-0.2, -0.15) is 21.6 Å². The van der Waals surface area contributed by atoms with E-state index >= 15 is 0 Å². The lowest BCUT2D eigenvalue weighted by molar-refractivity contribution is -0.0500. The van der Waals surface area contributed by atoms with Crippen molar-refractivity contribution in [2.75, 3.05) is 7.11 Å². The van der Waals surface area contributed by atoms with Crippen LogP contribution in [0.1, 0.15) is 5.56 Å². The van der Waals surface area contributed by atoms with E-state index in [4.69, 9.17) is 4.74 Å². The summed E-state index contributed by atoms with van der Waals surface area (Å²) < 4.78 is 66.6. The molecule has 0 saturated heterocycles. The summed E-state index contributed by atoms with van der Waals surface area (Å²) in [6.07, 6.45) is 0. The maximum absolute atomic E-state index is 12.1. The van der Waals surface area contributed by atoms with Crippen LogP contribution >= 0.6 is 0 Å². The molecule has 17 heavy (non-hydrogen) atoms. The van der Waals surface area contributed by atoms with E-state index in [1.54, 1.807) is 13.0 Å². The molecule has 1 aromatic rings. The van der Waals surface area contributed by atoms with Crippen molar-refractivity contribution in [3.63, 3.8) is 0 Å². The van der Waals surface area contributed by atoms with Gasteiger partial charge in [0.15, 0.2) is 11.5 Å². The predicted octanol–water partition coefficient (Wildman–Crippen LogP) is 2.23. The summed E-state index contributed by atoms with van der Waals surface area (Å²) in [6, 6.07) is 4.00. The molecule has 0 N–H and O–H groups in total. The van der Waals surface area contributed by atoms with Gasteiger partial charge in [-0.1, -0.05) is 6.07 Å². The Labute approximate surface area is 96.1 Å². The second kappa shape index (κ2) is 4.44. The molecule has 8 heteroatoms. The first-order valence-electron chi connectivity index (χ1n) is 4.33. The first-order valence-corrected chi connectivity index (χ1v) is 5.73. The van der Waals surface area contributed by atoms with E-state index in [9.17, 15) is 21.6 Å². The van der Waals surface area contributed by atoms with Gasteiger partial charge in [0.25, 0.3) is 0 Å². The topological polar surface area (TPSA) is 52.6 Å². The third-order valence-corrected chi connectivity index (χ3v) is 2.77. The lowest BCUT2D eigenvalue weighted by atomic mass is 10.2. The molecule has 0 fully saturated rings. The van der Waals surface area contributed by atoms with Gasteiger partial charge in [-0.15, -0.1) is 0 Å². The molecule has 96 valence electrons. The van der Waals surface area contributed by atoms with Crippen LogP contribution in [0.5, 0.6) is 11.5 Å². The highest BCUT2D eigenvalue weighted by molar-refractivity contribution is 7.88. The molecule has 1 aromatic carbocycles. The molecule has 0 spiro atoms. The molecule has 0 heterocycles. The van der Waals surface area contributed by atoms with Crippen molar-refractivity contribution in [2.45, 2.75) is 12.4 Å². The smallest absolute Gasteiger partial charge is 0.493 e. The van der Waals surface area contributed by atoms with E-state index in [0.717, 1.165) is 6.07 Å². The van der Waals surface area contributed by atoms with E-state index in [0.29, 0.717) is 5.56 Å². The number of benzene rings is 1. The molecule has 0 aliphatic rings. The highest BCUT2D eigenvalue weighted by atomic mass is 32.2. The van der Waals surface area contributed by atoms with Gasteiger partial charge in [-0.05, 0) is 24.6 Å². The zero-order valence-electron chi connectivity index (χ0n) is 8.91. The van der Waals surface area contributed by atoms with E-state index in [-0.39, 0.29) is 5.75 Å². The maximum Gasteiger partial charge on any atom is 0.534 e. The Morgan fingerprint density at radius 3 is 2.24 bits per heavy atom. The molecular weight excluding hydrogens is 261 g/mol. The zero-order chi connectivity index (χ0) is 13.3. The molecule has 0 atom stereocenters. The molecule has 0 unspecified atom stereocenters. The standard InChI is InChI=1S/C9H9F3O4S/c1-6-3-4-7(15-2)8(5-6)16-17(13,14)9(10,11)12/h3-5H,1-2H3. The second-order valence-electron chi connectivity index (χ2n) is 3.14. The Kier molecular flexibility index (Phi) is 3.56. The highest BCUT2D eigenvalue weighted by Gasteiger charge is 2.48. The Morgan fingerprint density at radius 2 is 1.76 bits per heavy atom. The van der Waals surface area contributed by atoms with Gasteiger partial charge >= 0.3 is 15.6 Å². The Balaban J connectivity index is 3.16. The Hall–Kier alpha value is -1.44. The van der Waals surface area contributed by atoms with Crippen molar-refractivity contribution in [2.24, 2.45) is 0 Å². The summed E-state index contributed by atoms with van der Waals surface area (Å²) in [5, 5.41) is 0. The van der Waals surface area contributed by atoms with Crippen molar-refractivity contribution < 1.29 is 30.5 Å². The average molecular weight is 270 g/mol. The molecular formula is C9H9F3O4S. The van der Waals surface area contributed by atoms with E-state index in [2.05, 4.69) is 4.18 Å². The van der Waals surface area contributed by atoms with Gasteiger partial charge in [-0.25, -0.2) is 0 Å². The molecule has 0 bridgehead atoms.